The van der Waals surface area contributed by atoms with E-state index in [0.29, 0.717) is 10.8 Å². The lowest BCUT2D eigenvalue weighted by Gasteiger charge is -2.46. The SMILES string of the molecule is CCC1(CNC2CCCCC2C(C)(C)C)CCC1. The molecule has 0 saturated heterocycles. The molecule has 0 amide bonds. The van der Waals surface area contributed by atoms with E-state index >= 15 is 0 Å². The third kappa shape index (κ3) is 3.10. The molecule has 0 aromatic carbocycles. The van der Waals surface area contributed by atoms with E-state index in [0.717, 1.165) is 12.0 Å². The van der Waals surface area contributed by atoms with E-state index in [9.17, 15) is 0 Å². The molecule has 0 bridgehead atoms. The highest BCUT2D eigenvalue weighted by Crippen LogP contribution is 2.44. The van der Waals surface area contributed by atoms with Gasteiger partial charge in [-0.3, -0.25) is 0 Å². The number of nitrogens with one attached hydrogen (secondary N) is 1. The van der Waals surface area contributed by atoms with Gasteiger partial charge in [-0.2, -0.15) is 0 Å². The second kappa shape index (κ2) is 5.53. The Bertz CT molecular complexity index is 254. The van der Waals surface area contributed by atoms with Crippen LogP contribution in [0.3, 0.4) is 0 Å². The van der Waals surface area contributed by atoms with Gasteiger partial charge in [0, 0.05) is 12.6 Å². The van der Waals surface area contributed by atoms with Crippen LogP contribution in [0.5, 0.6) is 0 Å². The van der Waals surface area contributed by atoms with Crippen LogP contribution in [0.1, 0.15) is 79.1 Å². The molecule has 0 aliphatic heterocycles. The molecule has 1 heteroatoms. The van der Waals surface area contributed by atoms with Gasteiger partial charge in [0.05, 0.1) is 0 Å². The van der Waals surface area contributed by atoms with Crippen LogP contribution in [0, 0.1) is 16.7 Å². The lowest BCUT2D eigenvalue weighted by atomic mass is 9.66. The highest BCUT2D eigenvalue weighted by atomic mass is 14.9. The third-order valence-corrected chi connectivity index (χ3v) is 5.78. The molecule has 0 heterocycles. The molecule has 1 nitrogen and oxygen atoms in total. The Hall–Kier alpha value is -0.0400. The van der Waals surface area contributed by atoms with Crippen LogP contribution < -0.4 is 5.32 Å². The molecule has 0 spiro atoms. The predicted octanol–water partition coefficient (Wildman–Crippen LogP) is 4.76. The van der Waals surface area contributed by atoms with E-state index in [4.69, 9.17) is 0 Å². The Labute approximate surface area is 114 Å². The summed E-state index contributed by atoms with van der Waals surface area (Å²) in [5.74, 6) is 0.875. The monoisotopic (exact) mass is 251 g/mol. The number of hydrogen-bond acceptors (Lipinski definition) is 1. The lowest BCUT2D eigenvalue weighted by molar-refractivity contribution is 0.0836. The Morgan fingerprint density at radius 1 is 1.06 bits per heavy atom. The van der Waals surface area contributed by atoms with Crippen molar-refractivity contribution in [3.63, 3.8) is 0 Å². The first kappa shape index (κ1) is 14.4. The van der Waals surface area contributed by atoms with Crippen LogP contribution in [0.25, 0.3) is 0 Å². The molecule has 2 unspecified atom stereocenters. The van der Waals surface area contributed by atoms with E-state index in [-0.39, 0.29) is 0 Å². The zero-order valence-corrected chi connectivity index (χ0v) is 13.0. The van der Waals surface area contributed by atoms with Gasteiger partial charge in [-0.05, 0) is 48.9 Å². The summed E-state index contributed by atoms with van der Waals surface area (Å²) in [7, 11) is 0. The maximum absolute atomic E-state index is 3.97. The molecule has 2 rings (SSSR count). The van der Waals surface area contributed by atoms with Gasteiger partial charge in [-0.15, -0.1) is 0 Å². The fraction of sp³-hybridized carbons (Fsp3) is 1.00. The Balaban J connectivity index is 1.89. The summed E-state index contributed by atoms with van der Waals surface area (Å²) in [4.78, 5) is 0. The van der Waals surface area contributed by atoms with Gasteiger partial charge in [-0.25, -0.2) is 0 Å². The molecule has 2 aliphatic carbocycles. The molecular formula is C17H33N. The molecule has 2 aliphatic rings. The zero-order chi connectivity index (χ0) is 13.2. The van der Waals surface area contributed by atoms with Crippen LogP contribution >= 0.6 is 0 Å². The molecule has 1 N–H and O–H groups in total. The van der Waals surface area contributed by atoms with Crippen molar-refractivity contribution in [3.05, 3.63) is 0 Å². The first-order valence-electron chi connectivity index (χ1n) is 8.20. The molecule has 2 fully saturated rings. The quantitative estimate of drug-likeness (QED) is 0.759. The standard InChI is InChI=1S/C17H33N/c1-5-17(11-8-12-17)13-18-15-10-7-6-9-14(15)16(2,3)4/h14-15,18H,5-13H2,1-4H3. The van der Waals surface area contributed by atoms with Crippen LogP contribution in [-0.4, -0.2) is 12.6 Å². The number of hydrogen-bond donors (Lipinski definition) is 1. The summed E-state index contributed by atoms with van der Waals surface area (Å²) in [6.07, 6.45) is 11.5. The minimum absolute atomic E-state index is 0.469. The Morgan fingerprint density at radius 2 is 1.72 bits per heavy atom. The third-order valence-electron chi connectivity index (χ3n) is 5.78. The summed E-state index contributed by atoms with van der Waals surface area (Å²) < 4.78 is 0. The molecule has 0 aromatic rings. The highest BCUT2D eigenvalue weighted by Gasteiger charge is 2.38. The fourth-order valence-electron chi connectivity index (χ4n) is 4.09. The normalized spacial score (nSPS) is 32.0. The van der Waals surface area contributed by atoms with Crippen molar-refractivity contribution >= 4 is 0 Å². The van der Waals surface area contributed by atoms with Gasteiger partial charge in [0.2, 0.25) is 0 Å². The fourth-order valence-corrected chi connectivity index (χ4v) is 4.09. The summed E-state index contributed by atoms with van der Waals surface area (Å²) in [6, 6.07) is 0.780. The van der Waals surface area contributed by atoms with Gasteiger partial charge in [0.25, 0.3) is 0 Å². The highest BCUT2D eigenvalue weighted by molar-refractivity contribution is 4.93. The first-order valence-corrected chi connectivity index (χ1v) is 8.20. The second-order valence-corrected chi connectivity index (χ2v) is 7.95. The first-order chi connectivity index (χ1) is 8.47. The van der Waals surface area contributed by atoms with E-state index in [2.05, 4.69) is 33.0 Å². The van der Waals surface area contributed by atoms with E-state index in [1.807, 2.05) is 0 Å². The van der Waals surface area contributed by atoms with Crippen LogP contribution in [-0.2, 0) is 0 Å². The average Bonchev–Trinajstić information content (AvgIpc) is 2.27. The number of rotatable bonds is 4. The van der Waals surface area contributed by atoms with Gasteiger partial charge >= 0.3 is 0 Å². The van der Waals surface area contributed by atoms with Crippen LogP contribution in [0.2, 0.25) is 0 Å². The smallest absolute Gasteiger partial charge is 0.0101 e. The minimum Gasteiger partial charge on any atom is -0.313 e. The van der Waals surface area contributed by atoms with Crippen molar-refractivity contribution in [2.75, 3.05) is 6.54 Å². The van der Waals surface area contributed by atoms with Gasteiger partial charge < -0.3 is 5.32 Å². The molecule has 2 saturated carbocycles. The summed E-state index contributed by atoms with van der Waals surface area (Å²) in [6.45, 7) is 10.9. The van der Waals surface area contributed by atoms with Crippen molar-refractivity contribution in [2.24, 2.45) is 16.7 Å². The van der Waals surface area contributed by atoms with Crippen molar-refractivity contribution < 1.29 is 0 Å². The van der Waals surface area contributed by atoms with Gasteiger partial charge in [-0.1, -0.05) is 47.0 Å². The van der Waals surface area contributed by atoms with Crippen LogP contribution in [0.15, 0.2) is 0 Å². The maximum atomic E-state index is 3.97. The topological polar surface area (TPSA) is 12.0 Å². The molecule has 0 radical (unpaired) electrons. The van der Waals surface area contributed by atoms with Crippen molar-refractivity contribution in [1.82, 2.24) is 5.32 Å². The molecule has 18 heavy (non-hydrogen) atoms. The average molecular weight is 251 g/mol. The Morgan fingerprint density at radius 3 is 2.22 bits per heavy atom. The van der Waals surface area contributed by atoms with Crippen molar-refractivity contribution in [1.29, 1.82) is 0 Å². The molecule has 0 aromatic heterocycles. The van der Waals surface area contributed by atoms with Crippen molar-refractivity contribution in [2.45, 2.75) is 85.1 Å². The van der Waals surface area contributed by atoms with Crippen molar-refractivity contribution in [3.8, 4) is 0 Å². The summed E-state index contributed by atoms with van der Waals surface area (Å²) >= 11 is 0. The Kier molecular flexibility index (Phi) is 4.41. The van der Waals surface area contributed by atoms with E-state index in [1.54, 1.807) is 0 Å². The summed E-state index contributed by atoms with van der Waals surface area (Å²) in [5, 5.41) is 3.97. The molecule has 106 valence electrons. The van der Waals surface area contributed by atoms with Gasteiger partial charge in [0.1, 0.15) is 0 Å². The minimum atomic E-state index is 0.469. The predicted molar refractivity (Wildman–Crippen MR) is 79.8 cm³/mol. The van der Waals surface area contributed by atoms with E-state index < -0.39 is 0 Å². The summed E-state index contributed by atoms with van der Waals surface area (Å²) in [5.41, 5.74) is 1.14. The maximum Gasteiger partial charge on any atom is 0.0101 e. The molecule has 2 atom stereocenters. The zero-order valence-electron chi connectivity index (χ0n) is 13.0. The second-order valence-electron chi connectivity index (χ2n) is 7.95. The molecular weight excluding hydrogens is 218 g/mol. The largest absolute Gasteiger partial charge is 0.313 e. The van der Waals surface area contributed by atoms with E-state index in [1.165, 1.54) is 57.9 Å². The lowest BCUT2D eigenvalue weighted by Crippen LogP contribution is -2.49. The van der Waals surface area contributed by atoms with Gasteiger partial charge in [0.15, 0.2) is 0 Å². The van der Waals surface area contributed by atoms with Crippen LogP contribution in [0.4, 0.5) is 0 Å².